The van der Waals surface area contributed by atoms with E-state index in [1.54, 1.807) is 18.2 Å². The number of carbonyl (C=O) groups is 1. The Labute approximate surface area is 121 Å². The Morgan fingerprint density at radius 3 is 2.15 bits per heavy atom. The number of carbonyl (C=O) groups excluding carboxylic acids is 1. The van der Waals surface area contributed by atoms with E-state index in [4.69, 9.17) is 11.5 Å². The molecule has 1 aliphatic rings. The Morgan fingerprint density at radius 2 is 1.65 bits per heavy atom. The molecule has 0 atom stereocenters. The first-order valence-corrected chi connectivity index (χ1v) is 7.22. The van der Waals surface area contributed by atoms with Gasteiger partial charge >= 0.3 is 0 Å². The Kier molecular flexibility index (Phi) is 3.93. The molecular weight excluding hydrogens is 250 g/mol. The third-order valence-corrected chi connectivity index (χ3v) is 4.40. The van der Waals surface area contributed by atoms with Crippen molar-refractivity contribution in [1.29, 1.82) is 0 Å². The molecule has 110 valence electrons. The van der Waals surface area contributed by atoms with Gasteiger partial charge < -0.3 is 16.4 Å². The summed E-state index contributed by atoms with van der Waals surface area (Å²) in [5, 5.41) is 0. The monoisotopic (exact) mass is 275 g/mol. The molecule has 4 heteroatoms. The topological polar surface area (TPSA) is 72.3 Å². The minimum absolute atomic E-state index is 0.00806. The normalized spacial score (nSPS) is 18.8. The standard InChI is InChI=1S/C16H25N3O/c1-16(2)6-4-14(5-7-16)19(3)15(20)11-8-12(17)10-13(18)9-11/h8-10,14H,4-7,17-18H2,1-3H3. The van der Waals surface area contributed by atoms with Crippen LogP contribution in [0.15, 0.2) is 18.2 Å². The highest BCUT2D eigenvalue weighted by molar-refractivity contribution is 5.96. The predicted octanol–water partition coefficient (Wildman–Crippen LogP) is 2.89. The van der Waals surface area contributed by atoms with Crippen LogP contribution in [0.2, 0.25) is 0 Å². The summed E-state index contributed by atoms with van der Waals surface area (Å²) < 4.78 is 0. The molecule has 0 saturated heterocycles. The molecule has 0 unspecified atom stereocenters. The average molecular weight is 275 g/mol. The van der Waals surface area contributed by atoms with E-state index in [0.29, 0.717) is 28.4 Å². The highest BCUT2D eigenvalue weighted by Gasteiger charge is 2.30. The van der Waals surface area contributed by atoms with Gasteiger partial charge in [-0.2, -0.15) is 0 Å². The summed E-state index contributed by atoms with van der Waals surface area (Å²) in [6.45, 7) is 4.59. The van der Waals surface area contributed by atoms with Crippen molar-refractivity contribution in [3.63, 3.8) is 0 Å². The fourth-order valence-corrected chi connectivity index (χ4v) is 2.94. The number of amides is 1. The quantitative estimate of drug-likeness (QED) is 0.815. The van der Waals surface area contributed by atoms with E-state index in [-0.39, 0.29) is 5.91 Å². The van der Waals surface area contributed by atoms with Gasteiger partial charge in [0.15, 0.2) is 0 Å². The number of rotatable bonds is 2. The smallest absolute Gasteiger partial charge is 0.253 e. The molecule has 1 aromatic rings. The minimum atomic E-state index is 0.00806. The number of anilines is 2. The van der Waals surface area contributed by atoms with Crippen molar-refractivity contribution >= 4 is 17.3 Å². The van der Waals surface area contributed by atoms with Crippen molar-refractivity contribution in [2.75, 3.05) is 18.5 Å². The molecule has 2 rings (SSSR count). The first-order chi connectivity index (χ1) is 9.28. The predicted molar refractivity (Wildman–Crippen MR) is 83.4 cm³/mol. The molecule has 1 aliphatic carbocycles. The number of hydrogen-bond acceptors (Lipinski definition) is 3. The second-order valence-corrected chi connectivity index (χ2v) is 6.70. The fourth-order valence-electron chi connectivity index (χ4n) is 2.94. The molecule has 0 aromatic heterocycles. The van der Waals surface area contributed by atoms with Gasteiger partial charge in [-0.1, -0.05) is 13.8 Å². The van der Waals surface area contributed by atoms with Gasteiger partial charge in [0.05, 0.1) is 0 Å². The van der Waals surface area contributed by atoms with E-state index >= 15 is 0 Å². The maximum Gasteiger partial charge on any atom is 0.253 e. The largest absolute Gasteiger partial charge is 0.399 e. The van der Waals surface area contributed by atoms with Crippen LogP contribution in [0.1, 0.15) is 49.9 Å². The van der Waals surface area contributed by atoms with Crippen LogP contribution in [-0.4, -0.2) is 23.9 Å². The van der Waals surface area contributed by atoms with Crippen LogP contribution < -0.4 is 11.5 Å². The van der Waals surface area contributed by atoms with Crippen molar-refractivity contribution in [1.82, 2.24) is 4.90 Å². The number of nitrogens with zero attached hydrogens (tertiary/aromatic N) is 1. The number of nitrogen functional groups attached to an aromatic ring is 2. The van der Waals surface area contributed by atoms with Gasteiger partial charge in [0, 0.05) is 30.0 Å². The van der Waals surface area contributed by atoms with E-state index in [2.05, 4.69) is 13.8 Å². The van der Waals surface area contributed by atoms with Gasteiger partial charge in [-0.3, -0.25) is 4.79 Å². The van der Waals surface area contributed by atoms with Crippen LogP contribution in [0.5, 0.6) is 0 Å². The lowest BCUT2D eigenvalue weighted by Gasteiger charge is -2.38. The summed E-state index contributed by atoms with van der Waals surface area (Å²) in [6.07, 6.45) is 4.45. The minimum Gasteiger partial charge on any atom is -0.399 e. The Bertz CT molecular complexity index is 480. The second-order valence-electron chi connectivity index (χ2n) is 6.70. The molecule has 1 fully saturated rings. The van der Waals surface area contributed by atoms with Crippen molar-refractivity contribution in [3.05, 3.63) is 23.8 Å². The molecule has 1 amide bonds. The first-order valence-electron chi connectivity index (χ1n) is 7.22. The maximum atomic E-state index is 12.5. The molecular formula is C16H25N3O. The summed E-state index contributed by atoms with van der Waals surface area (Å²) >= 11 is 0. The molecule has 0 bridgehead atoms. The zero-order chi connectivity index (χ0) is 14.9. The molecule has 4 nitrogen and oxygen atoms in total. The molecule has 0 aliphatic heterocycles. The van der Waals surface area contributed by atoms with E-state index < -0.39 is 0 Å². The van der Waals surface area contributed by atoms with E-state index in [9.17, 15) is 4.79 Å². The molecule has 1 aromatic carbocycles. The summed E-state index contributed by atoms with van der Waals surface area (Å²) in [6, 6.07) is 5.38. The Morgan fingerprint density at radius 1 is 1.15 bits per heavy atom. The van der Waals surface area contributed by atoms with Crippen molar-refractivity contribution in [3.8, 4) is 0 Å². The Hall–Kier alpha value is -1.71. The molecule has 0 spiro atoms. The molecule has 4 N–H and O–H groups in total. The fraction of sp³-hybridized carbons (Fsp3) is 0.562. The molecule has 20 heavy (non-hydrogen) atoms. The number of benzene rings is 1. The van der Waals surface area contributed by atoms with Crippen LogP contribution in [0, 0.1) is 5.41 Å². The van der Waals surface area contributed by atoms with Gasteiger partial charge in [0.1, 0.15) is 0 Å². The summed E-state index contributed by atoms with van der Waals surface area (Å²) in [4.78, 5) is 14.4. The van der Waals surface area contributed by atoms with E-state index in [1.165, 1.54) is 0 Å². The summed E-state index contributed by atoms with van der Waals surface area (Å²) in [5.41, 5.74) is 13.6. The van der Waals surface area contributed by atoms with E-state index in [0.717, 1.165) is 25.7 Å². The second kappa shape index (κ2) is 5.35. The van der Waals surface area contributed by atoms with Crippen LogP contribution in [-0.2, 0) is 0 Å². The zero-order valence-electron chi connectivity index (χ0n) is 12.6. The molecule has 0 radical (unpaired) electrons. The van der Waals surface area contributed by atoms with Crippen molar-refractivity contribution < 1.29 is 4.79 Å². The lowest BCUT2D eigenvalue weighted by atomic mass is 9.75. The summed E-state index contributed by atoms with van der Waals surface area (Å²) in [5.74, 6) is 0.00806. The van der Waals surface area contributed by atoms with Gasteiger partial charge in [-0.15, -0.1) is 0 Å². The third kappa shape index (κ3) is 3.24. The third-order valence-electron chi connectivity index (χ3n) is 4.40. The highest BCUT2D eigenvalue weighted by Crippen LogP contribution is 2.36. The van der Waals surface area contributed by atoms with Crippen LogP contribution >= 0.6 is 0 Å². The van der Waals surface area contributed by atoms with E-state index in [1.807, 2.05) is 11.9 Å². The van der Waals surface area contributed by atoms with Crippen LogP contribution in [0.25, 0.3) is 0 Å². The SMILES string of the molecule is CN(C(=O)c1cc(N)cc(N)c1)C1CCC(C)(C)CC1. The summed E-state index contributed by atoms with van der Waals surface area (Å²) in [7, 11) is 1.88. The van der Waals surface area contributed by atoms with Crippen molar-refractivity contribution in [2.24, 2.45) is 5.41 Å². The highest BCUT2D eigenvalue weighted by atomic mass is 16.2. The lowest BCUT2D eigenvalue weighted by molar-refractivity contribution is 0.0635. The van der Waals surface area contributed by atoms with Crippen LogP contribution in [0.3, 0.4) is 0 Å². The van der Waals surface area contributed by atoms with Crippen LogP contribution in [0.4, 0.5) is 11.4 Å². The van der Waals surface area contributed by atoms with Gasteiger partial charge in [-0.25, -0.2) is 0 Å². The van der Waals surface area contributed by atoms with Gasteiger partial charge in [-0.05, 0) is 49.3 Å². The van der Waals surface area contributed by atoms with Crippen molar-refractivity contribution in [2.45, 2.75) is 45.6 Å². The number of nitrogens with two attached hydrogens (primary N) is 2. The lowest BCUT2D eigenvalue weighted by Crippen LogP contribution is -2.40. The van der Waals surface area contributed by atoms with Gasteiger partial charge in [0.25, 0.3) is 5.91 Å². The average Bonchev–Trinajstić information content (AvgIpc) is 2.36. The number of hydrogen-bond donors (Lipinski definition) is 2. The molecule has 1 saturated carbocycles. The first kappa shape index (κ1) is 14.7. The maximum absolute atomic E-state index is 12.5. The Balaban J connectivity index is 2.09. The zero-order valence-corrected chi connectivity index (χ0v) is 12.6. The van der Waals surface area contributed by atoms with Gasteiger partial charge in [0.2, 0.25) is 0 Å². The molecule has 0 heterocycles.